The largest absolute Gasteiger partial charge is 0.461 e. The highest BCUT2D eigenvalue weighted by molar-refractivity contribution is 7.28. The van der Waals surface area contributed by atoms with Crippen LogP contribution in [-0.4, -0.2) is 0 Å². The molecule has 1 nitrogen and oxygen atoms in total. The zero-order valence-electron chi connectivity index (χ0n) is 6.29. The van der Waals surface area contributed by atoms with Crippen LogP contribution in [0.4, 0.5) is 0 Å². The first kappa shape index (κ1) is 6.87. The molecular formula is C9H9OP. The van der Waals surface area contributed by atoms with Gasteiger partial charge >= 0.3 is 0 Å². The number of aryl methyl sites for hydroxylation is 1. The lowest BCUT2D eigenvalue weighted by atomic mass is 10.2. The van der Waals surface area contributed by atoms with Gasteiger partial charge in [-0.25, -0.2) is 0 Å². The number of fused-ring (bicyclic) bond motifs is 1. The molecule has 1 heterocycles. The molecule has 1 atom stereocenters. The molecule has 0 amide bonds. The second kappa shape index (κ2) is 2.35. The number of para-hydroxylation sites is 1. The van der Waals surface area contributed by atoms with Crippen molar-refractivity contribution in [2.45, 2.75) is 6.92 Å². The van der Waals surface area contributed by atoms with Gasteiger partial charge in [0.1, 0.15) is 11.3 Å². The fourth-order valence-corrected chi connectivity index (χ4v) is 1.49. The molecule has 2 rings (SSSR count). The molecule has 1 aromatic heterocycles. The highest BCUT2D eigenvalue weighted by Gasteiger charge is 2.03. The Morgan fingerprint density at radius 3 is 2.73 bits per heavy atom. The van der Waals surface area contributed by atoms with Gasteiger partial charge in [0.25, 0.3) is 0 Å². The lowest BCUT2D eigenvalue weighted by Gasteiger charge is -1.85. The van der Waals surface area contributed by atoms with Crippen LogP contribution in [0.3, 0.4) is 0 Å². The summed E-state index contributed by atoms with van der Waals surface area (Å²) in [6.07, 6.45) is 0. The Bertz CT molecular complexity index is 389. The summed E-state index contributed by atoms with van der Waals surface area (Å²) in [6, 6.07) is 8.05. The molecule has 0 radical (unpaired) electrons. The predicted octanol–water partition coefficient (Wildman–Crippen LogP) is 2.24. The molecule has 0 saturated carbocycles. The Labute approximate surface area is 67.6 Å². The molecule has 56 valence electrons. The second-order valence-electron chi connectivity index (χ2n) is 2.57. The van der Waals surface area contributed by atoms with Crippen molar-refractivity contribution in [1.29, 1.82) is 0 Å². The normalized spacial score (nSPS) is 10.7. The van der Waals surface area contributed by atoms with E-state index in [9.17, 15) is 0 Å². The first-order valence-electron chi connectivity index (χ1n) is 3.52. The summed E-state index contributed by atoms with van der Waals surface area (Å²) in [5, 5.41) is 2.36. The lowest BCUT2D eigenvalue weighted by molar-refractivity contribution is 0.582. The Hall–Kier alpha value is -0.810. The van der Waals surface area contributed by atoms with Crippen molar-refractivity contribution in [2.24, 2.45) is 0 Å². The number of hydrogen-bond acceptors (Lipinski definition) is 1. The Kier molecular flexibility index (Phi) is 1.47. The van der Waals surface area contributed by atoms with E-state index in [4.69, 9.17) is 4.42 Å². The van der Waals surface area contributed by atoms with Crippen LogP contribution in [0.1, 0.15) is 5.76 Å². The number of furan rings is 1. The van der Waals surface area contributed by atoms with E-state index in [0.29, 0.717) is 0 Å². The highest BCUT2D eigenvalue weighted by Crippen LogP contribution is 2.17. The zero-order chi connectivity index (χ0) is 7.84. The number of hydrogen-bond donors (Lipinski definition) is 0. The van der Waals surface area contributed by atoms with E-state index in [1.165, 1.54) is 10.7 Å². The second-order valence-corrected chi connectivity index (χ2v) is 3.15. The first-order chi connectivity index (χ1) is 5.29. The van der Waals surface area contributed by atoms with Crippen molar-refractivity contribution >= 4 is 25.5 Å². The molecule has 0 spiro atoms. The molecule has 0 N–H and O–H groups in total. The van der Waals surface area contributed by atoms with E-state index in [1.807, 2.05) is 25.1 Å². The molecule has 0 fully saturated rings. The highest BCUT2D eigenvalue weighted by atomic mass is 31.0. The molecule has 2 aromatic rings. The minimum Gasteiger partial charge on any atom is -0.461 e. The van der Waals surface area contributed by atoms with Gasteiger partial charge in [-0.05, 0) is 13.0 Å². The fourth-order valence-electron chi connectivity index (χ4n) is 1.19. The minimum atomic E-state index is 0.968. The van der Waals surface area contributed by atoms with Crippen molar-refractivity contribution in [3.63, 3.8) is 0 Å². The molecule has 2 heteroatoms. The van der Waals surface area contributed by atoms with Crippen LogP contribution in [-0.2, 0) is 0 Å². The average Bonchev–Trinajstić information content (AvgIpc) is 2.30. The molecule has 0 aliphatic heterocycles. The van der Waals surface area contributed by atoms with E-state index in [-0.39, 0.29) is 0 Å². The zero-order valence-corrected chi connectivity index (χ0v) is 7.45. The topological polar surface area (TPSA) is 13.1 Å². The average molecular weight is 164 g/mol. The van der Waals surface area contributed by atoms with Gasteiger partial charge in [0, 0.05) is 10.7 Å². The molecule has 0 saturated heterocycles. The summed E-state index contributed by atoms with van der Waals surface area (Å²) < 4.78 is 5.48. The Morgan fingerprint density at radius 1 is 1.27 bits per heavy atom. The van der Waals surface area contributed by atoms with Gasteiger partial charge in [-0.1, -0.05) is 18.2 Å². The molecule has 11 heavy (non-hydrogen) atoms. The van der Waals surface area contributed by atoms with Crippen LogP contribution in [0.2, 0.25) is 0 Å². The smallest absolute Gasteiger partial charge is 0.134 e. The van der Waals surface area contributed by atoms with Gasteiger partial charge in [0.05, 0.1) is 0 Å². The minimum absolute atomic E-state index is 0.968. The van der Waals surface area contributed by atoms with Crippen molar-refractivity contribution in [3.8, 4) is 0 Å². The Balaban J connectivity index is 2.92. The Morgan fingerprint density at radius 2 is 2.00 bits per heavy atom. The van der Waals surface area contributed by atoms with Gasteiger partial charge in [-0.2, -0.15) is 0 Å². The van der Waals surface area contributed by atoms with E-state index >= 15 is 0 Å². The van der Waals surface area contributed by atoms with Crippen molar-refractivity contribution in [3.05, 3.63) is 30.0 Å². The number of rotatable bonds is 0. The van der Waals surface area contributed by atoms with Gasteiger partial charge in [0.2, 0.25) is 0 Å². The van der Waals surface area contributed by atoms with Gasteiger partial charge in [-0.3, -0.25) is 0 Å². The molecular weight excluding hydrogens is 155 g/mol. The standard InChI is InChI=1S/C9H9OP/c1-6-9(11)7-4-2-3-5-8(7)10-6/h2-5H,11H2,1H3. The summed E-state index contributed by atoms with van der Waals surface area (Å²) in [5.74, 6) is 0.983. The SMILES string of the molecule is Cc1oc2ccccc2c1P. The quantitative estimate of drug-likeness (QED) is 0.544. The maximum absolute atomic E-state index is 5.48. The predicted molar refractivity (Wildman–Crippen MR) is 50.3 cm³/mol. The summed E-state index contributed by atoms with van der Waals surface area (Å²) in [7, 11) is 2.69. The van der Waals surface area contributed by atoms with Gasteiger partial charge in [0.15, 0.2) is 0 Å². The summed E-state index contributed by atoms with van der Waals surface area (Å²) in [5.41, 5.74) is 0.968. The van der Waals surface area contributed by atoms with E-state index in [2.05, 4.69) is 15.3 Å². The lowest BCUT2D eigenvalue weighted by Crippen LogP contribution is -1.88. The third-order valence-electron chi connectivity index (χ3n) is 1.82. The maximum atomic E-state index is 5.48. The van der Waals surface area contributed by atoms with Crippen LogP contribution >= 0.6 is 9.24 Å². The summed E-state index contributed by atoms with van der Waals surface area (Å²) in [4.78, 5) is 0. The van der Waals surface area contributed by atoms with Crippen molar-refractivity contribution in [2.75, 3.05) is 0 Å². The fraction of sp³-hybridized carbons (Fsp3) is 0.111. The van der Waals surface area contributed by atoms with Crippen LogP contribution in [0.15, 0.2) is 28.7 Å². The monoisotopic (exact) mass is 164 g/mol. The van der Waals surface area contributed by atoms with Crippen molar-refractivity contribution in [1.82, 2.24) is 0 Å². The van der Waals surface area contributed by atoms with Crippen LogP contribution in [0.25, 0.3) is 11.0 Å². The van der Waals surface area contributed by atoms with E-state index < -0.39 is 0 Å². The maximum Gasteiger partial charge on any atom is 0.134 e. The molecule has 0 bridgehead atoms. The van der Waals surface area contributed by atoms with Crippen molar-refractivity contribution < 1.29 is 4.42 Å². The van der Waals surface area contributed by atoms with Crippen LogP contribution in [0, 0.1) is 6.92 Å². The van der Waals surface area contributed by atoms with E-state index in [0.717, 1.165) is 11.3 Å². The third kappa shape index (κ3) is 0.965. The summed E-state index contributed by atoms with van der Waals surface area (Å²) in [6.45, 7) is 1.97. The van der Waals surface area contributed by atoms with Crippen LogP contribution < -0.4 is 5.30 Å². The molecule has 1 aromatic carbocycles. The molecule has 0 aliphatic rings. The van der Waals surface area contributed by atoms with Gasteiger partial charge in [-0.15, -0.1) is 9.24 Å². The third-order valence-corrected chi connectivity index (χ3v) is 2.54. The van der Waals surface area contributed by atoms with E-state index in [1.54, 1.807) is 0 Å². The van der Waals surface area contributed by atoms with Gasteiger partial charge < -0.3 is 4.42 Å². The molecule has 0 aliphatic carbocycles. The first-order valence-corrected chi connectivity index (χ1v) is 4.10. The van der Waals surface area contributed by atoms with Crippen LogP contribution in [0.5, 0.6) is 0 Å². The number of benzene rings is 1. The molecule has 1 unspecified atom stereocenters. The summed E-state index contributed by atoms with van der Waals surface area (Å²) >= 11 is 0.